The van der Waals surface area contributed by atoms with Gasteiger partial charge in [-0.3, -0.25) is 4.79 Å². The van der Waals surface area contributed by atoms with Crippen molar-refractivity contribution < 1.29 is 4.79 Å². The molecule has 0 bridgehead atoms. The molecule has 4 nitrogen and oxygen atoms in total. The maximum Gasteiger partial charge on any atom is 0.174 e. The van der Waals surface area contributed by atoms with E-state index in [1.807, 2.05) is 54.6 Å². The average molecular weight is 347 g/mol. The van der Waals surface area contributed by atoms with Crippen LogP contribution in [0, 0.1) is 17.2 Å². The third-order valence-corrected chi connectivity index (χ3v) is 4.30. The molecule has 0 amide bonds. The number of benzene rings is 2. The van der Waals surface area contributed by atoms with Gasteiger partial charge in [-0.1, -0.05) is 44.7 Å². The molecule has 0 radical (unpaired) electrons. The van der Waals surface area contributed by atoms with Crippen molar-refractivity contribution in [3.8, 4) is 6.07 Å². The quantitative estimate of drug-likeness (QED) is 0.698. The third-order valence-electron chi connectivity index (χ3n) is 4.30. The minimum atomic E-state index is -0.900. The molecule has 0 aliphatic carbocycles. The van der Waals surface area contributed by atoms with E-state index in [0.717, 1.165) is 24.2 Å². The van der Waals surface area contributed by atoms with Crippen molar-refractivity contribution in [2.24, 2.45) is 5.92 Å². The lowest BCUT2D eigenvalue weighted by Gasteiger charge is -2.15. The highest BCUT2D eigenvalue weighted by Crippen LogP contribution is 2.17. The van der Waals surface area contributed by atoms with Gasteiger partial charge in [-0.2, -0.15) is 5.26 Å². The van der Waals surface area contributed by atoms with E-state index in [1.54, 1.807) is 0 Å². The molecule has 2 aromatic rings. The van der Waals surface area contributed by atoms with Crippen LogP contribution in [0.3, 0.4) is 0 Å². The molecule has 2 rings (SSSR count). The molecule has 134 valence electrons. The lowest BCUT2D eigenvalue weighted by atomic mass is 10.0. The molecule has 4 heteroatoms. The number of hydrogen-bond acceptors (Lipinski definition) is 4. The highest BCUT2D eigenvalue weighted by Gasteiger charge is 2.21. The van der Waals surface area contributed by atoms with Crippen LogP contribution in [0.25, 0.3) is 0 Å². The average Bonchev–Trinajstić information content (AvgIpc) is 2.68. The normalized spacial score (nSPS) is 11.3. The van der Waals surface area contributed by atoms with Crippen molar-refractivity contribution in [1.29, 1.82) is 5.26 Å². The van der Waals surface area contributed by atoms with Gasteiger partial charge in [0, 0.05) is 17.1 Å². The zero-order valence-electron chi connectivity index (χ0n) is 15.4. The van der Waals surface area contributed by atoms with Crippen LogP contribution >= 0.6 is 0 Å². The Morgan fingerprint density at radius 3 is 1.96 bits per heavy atom. The van der Waals surface area contributed by atoms with Gasteiger partial charge in [0.2, 0.25) is 0 Å². The van der Waals surface area contributed by atoms with Gasteiger partial charge in [0.05, 0.1) is 12.6 Å². The summed E-state index contributed by atoms with van der Waals surface area (Å²) in [6.07, 6.45) is 1.94. The van der Waals surface area contributed by atoms with Crippen LogP contribution in [0.5, 0.6) is 0 Å². The van der Waals surface area contributed by atoms with Gasteiger partial charge in [0.15, 0.2) is 5.78 Å². The number of rotatable bonds is 9. The van der Waals surface area contributed by atoms with E-state index >= 15 is 0 Å². The first kappa shape index (κ1) is 19.3. The van der Waals surface area contributed by atoms with Crippen LogP contribution in [-0.4, -0.2) is 12.3 Å². The fraction of sp³-hybridized carbons (Fsp3) is 0.273. The summed E-state index contributed by atoms with van der Waals surface area (Å²) >= 11 is 0. The highest BCUT2D eigenvalue weighted by atomic mass is 16.1. The maximum atomic E-state index is 12.4. The molecule has 0 spiro atoms. The molecule has 0 aromatic heterocycles. The number of nitrogens with zero attached hydrogens (tertiary/aromatic N) is 1. The number of aryl methyl sites for hydroxylation is 2. The van der Waals surface area contributed by atoms with Gasteiger partial charge in [-0.15, -0.1) is 0 Å². The van der Waals surface area contributed by atoms with Crippen molar-refractivity contribution in [2.75, 3.05) is 17.2 Å². The number of anilines is 2. The van der Waals surface area contributed by atoms with Gasteiger partial charge in [-0.05, 0) is 48.2 Å². The Balaban J connectivity index is 1.93. The van der Waals surface area contributed by atoms with Crippen LogP contribution in [0.2, 0.25) is 0 Å². The topological polar surface area (TPSA) is 64.9 Å². The third kappa shape index (κ3) is 5.22. The molecule has 26 heavy (non-hydrogen) atoms. The predicted octanol–water partition coefficient (Wildman–Crippen LogP) is 4.56. The zero-order valence-corrected chi connectivity index (χ0v) is 15.4. The number of nitriles is 1. The van der Waals surface area contributed by atoms with E-state index in [0.29, 0.717) is 5.70 Å². The van der Waals surface area contributed by atoms with Gasteiger partial charge in [0.1, 0.15) is 5.92 Å². The van der Waals surface area contributed by atoms with E-state index in [1.165, 1.54) is 11.1 Å². The van der Waals surface area contributed by atoms with Crippen molar-refractivity contribution in [1.82, 2.24) is 0 Å². The van der Waals surface area contributed by atoms with Gasteiger partial charge < -0.3 is 10.6 Å². The van der Waals surface area contributed by atoms with Crippen LogP contribution < -0.4 is 10.6 Å². The smallest absolute Gasteiger partial charge is 0.174 e. The van der Waals surface area contributed by atoms with E-state index in [4.69, 9.17) is 0 Å². The van der Waals surface area contributed by atoms with E-state index < -0.39 is 5.92 Å². The largest absolute Gasteiger partial charge is 0.378 e. The van der Waals surface area contributed by atoms with Gasteiger partial charge in [-0.25, -0.2) is 0 Å². The molecule has 0 aliphatic heterocycles. The molecular weight excluding hydrogens is 322 g/mol. The minimum absolute atomic E-state index is 0.0825. The predicted molar refractivity (Wildman–Crippen MR) is 107 cm³/mol. The molecule has 2 aromatic carbocycles. The number of Topliss-reactive ketones (excluding diaryl/α,β-unsaturated/α-hetero) is 1. The molecule has 0 fully saturated rings. The van der Waals surface area contributed by atoms with Crippen molar-refractivity contribution in [3.63, 3.8) is 0 Å². The fourth-order valence-electron chi connectivity index (χ4n) is 2.58. The first-order valence-corrected chi connectivity index (χ1v) is 8.87. The molecule has 0 saturated heterocycles. The lowest BCUT2D eigenvalue weighted by molar-refractivity contribution is -0.118. The number of ketones is 1. The summed E-state index contributed by atoms with van der Waals surface area (Å²) in [5.74, 6) is -1.11. The molecule has 0 unspecified atom stereocenters. The molecule has 1 atom stereocenters. The lowest BCUT2D eigenvalue weighted by Crippen LogP contribution is -2.25. The molecule has 2 N–H and O–H groups in total. The van der Waals surface area contributed by atoms with Crippen LogP contribution in [-0.2, 0) is 17.6 Å². The van der Waals surface area contributed by atoms with Crippen molar-refractivity contribution in [3.05, 3.63) is 71.9 Å². The van der Waals surface area contributed by atoms with E-state index in [2.05, 4.69) is 31.1 Å². The Bertz CT molecular complexity index is 786. The summed E-state index contributed by atoms with van der Waals surface area (Å²) < 4.78 is 0. The highest BCUT2D eigenvalue weighted by molar-refractivity contribution is 5.90. The second-order valence-corrected chi connectivity index (χ2v) is 6.13. The summed E-state index contributed by atoms with van der Waals surface area (Å²) in [6.45, 7) is 8.15. The molecule has 0 heterocycles. The van der Waals surface area contributed by atoms with E-state index in [9.17, 15) is 10.1 Å². The second kappa shape index (κ2) is 9.43. The summed E-state index contributed by atoms with van der Waals surface area (Å²) in [5.41, 5.74) is 4.55. The molecule has 0 saturated carbocycles. The fourth-order valence-corrected chi connectivity index (χ4v) is 2.58. The number of hydrogen-bond donors (Lipinski definition) is 2. The standard InChI is InChI=1S/C22H25N3O/c1-4-17-6-10-19(11-7-17)24-15-22(26)21(14-23)16(3)25-20-12-8-18(5-2)9-13-20/h6-13,21,24-25H,3-5,15H2,1-2H3/t21-/m0/s1. The number of allylic oxidation sites excluding steroid dienone is 1. The molecule has 0 aliphatic rings. The Kier molecular flexibility index (Phi) is 6.99. The summed E-state index contributed by atoms with van der Waals surface area (Å²) in [6, 6.07) is 17.9. The first-order valence-electron chi connectivity index (χ1n) is 8.87. The Morgan fingerprint density at radius 1 is 1.00 bits per heavy atom. The summed E-state index contributed by atoms with van der Waals surface area (Å²) in [7, 11) is 0. The van der Waals surface area contributed by atoms with Gasteiger partial charge in [0.25, 0.3) is 0 Å². The maximum absolute atomic E-state index is 12.4. The zero-order chi connectivity index (χ0) is 18.9. The van der Waals surface area contributed by atoms with Crippen LogP contribution in [0.15, 0.2) is 60.8 Å². The summed E-state index contributed by atoms with van der Waals surface area (Å²) in [4.78, 5) is 12.4. The number of carbonyl (C=O) groups excluding carboxylic acids is 1. The monoisotopic (exact) mass is 347 g/mol. The van der Waals surface area contributed by atoms with E-state index in [-0.39, 0.29) is 12.3 Å². The first-order chi connectivity index (χ1) is 12.6. The van der Waals surface area contributed by atoms with Crippen molar-refractivity contribution in [2.45, 2.75) is 26.7 Å². The van der Waals surface area contributed by atoms with Gasteiger partial charge >= 0.3 is 0 Å². The number of carbonyl (C=O) groups is 1. The Morgan fingerprint density at radius 2 is 1.50 bits per heavy atom. The minimum Gasteiger partial charge on any atom is -0.378 e. The Labute approximate surface area is 155 Å². The van der Waals surface area contributed by atoms with Crippen LogP contribution in [0.1, 0.15) is 25.0 Å². The summed E-state index contributed by atoms with van der Waals surface area (Å²) in [5, 5.41) is 15.5. The Hall–Kier alpha value is -3.06. The second-order valence-electron chi connectivity index (χ2n) is 6.13. The SMILES string of the molecule is C=C(Nc1ccc(CC)cc1)[C@H](C#N)C(=O)CNc1ccc(CC)cc1. The van der Waals surface area contributed by atoms with Crippen molar-refractivity contribution >= 4 is 17.2 Å². The van der Waals surface area contributed by atoms with Crippen LogP contribution in [0.4, 0.5) is 11.4 Å². The molecular formula is C22H25N3O. The number of nitrogens with one attached hydrogen (secondary N) is 2.